The van der Waals surface area contributed by atoms with Gasteiger partial charge in [0, 0.05) is 50.1 Å². The third-order valence-electron chi connectivity index (χ3n) is 5.87. The molecule has 5 nitrogen and oxygen atoms in total. The lowest BCUT2D eigenvalue weighted by atomic mass is 10.1. The van der Waals surface area contributed by atoms with Gasteiger partial charge in [-0.05, 0) is 23.8 Å². The minimum absolute atomic E-state index is 0.282. The van der Waals surface area contributed by atoms with Crippen LogP contribution in [0.4, 0.5) is 23.4 Å². The number of anilines is 1. The van der Waals surface area contributed by atoms with Gasteiger partial charge in [-0.15, -0.1) is 0 Å². The normalized spacial score (nSPS) is 24.3. The molecule has 1 saturated heterocycles. The Morgan fingerprint density at radius 3 is 2.52 bits per heavy atom. The summed E-state index contributed by atoms with van der Waals surface area (Å²) >= 11 is 0. The molecule has 158 valence electrons. The SMILES string of the molecule is CC(C)Cc1nc(-c2cnc(N)c(C(F)(F)F)c2)cn1C1C2CN(CCF)CC21. The van der Waals surface area contributed by atoms with Gasteiger partial charge >= 0.3 is 6.18 Å². The van der Waals surface area contributed by atoms with Crippen LogP contribution in [0.1, 0.15) is 31.3 Å². The number of piperidine rings is 1. The van der Waals surface area contributed by atoms with E-state index in [0.717, 1.165) is 31.4 Å². The molecule has 1 aliphatic heterocycles. The lowest BCUT2D eigenvalue weighted by molar-refractivity contribution is -0.137. The van der Waals surface area contributed by atoms with E-state index in [1.54, 1.807) is 0 Å². The van der Waals surface area contributed by atoms with Gasteiger partial charge in [0.05, 0.1) is 11.3 Å². The topological polar surface area (TPSA) is 60.0 Å². The molecule has 2 aliphatic rings. The summed E-state index contributed by atoms with van der Waals surface area (Å²) < 4.78 is 54.4. The van der Waals surface area contributed by atoms with Crippen LogP contribution in [-0.2, 0) is 12.6 Å². The van der Waals surface area contributed by atoms with Crippen LogP contribution in [0.3, 0.4) is 0 Å². The molecule has 0 bridgehead atoms. The van der Waals surface area contributed by atoms with Crippen LogP contribution in [0.25, 0.3) is 11.3 Å². The van der Waals surface area contributed by atoms with Crippen molar-refractivity contribution in [2.45, 2.75) is 32.5 Å². The van der Waals surface area contributed by atoms with E-state index in [1.165, 1.54) is 6.20 Å². The van der Waals surface area contributed by atoms with Crippen molar-refractivity contribution in [1.82, 2.24) is 19.4 Å². The Balaban J connectivity index is 1.64. The van der Waals surface area contributed by atoms with Gasteiger partial charge in [-0.1, -0.05) is 13.8 Å². The minimum Gasteiger partial charge on any atom is -0.383 e. The predicted octanol–water partition coefficient (Wildman–Crippen LogP) is 3.82. The van der Waals surface area contributed by atoms with Crippen molar-refractivity contribution in [3.05, 3.63) is 29.8 Å². The van der Waals surface area contributed by atoms with E-state index in [1.807, 2.05) is 6.20 Å². The number of nitrogens with two attached hydrogens (primary N) is 1. The zero-order chi connectivity index (χ0) is 20.9. The molecular weight excluding hydrogens is 386 g/mol. The summed E-state index contributed by atoms with van der Waals surface area (Å²) in [5, 5.41) is 0. The number of aromatic nitrogens is 3. The molecule has 29 heavy (non-hydrogen) atoms. The summed E-state index contributed by atoms with van der Waals surface area (Å²) in [6.45, 7) is 6.00. The first-order chi connectivity index (χ1) is 13.7. The third-order valence-corrected chi connectivity index (χ3v) is 5.87. The van der Waals surface area contributed by atoms with Gasteiger partial charge in [0.1, 0.15) is 18.3 Å². The Bertz CT molecular complexity index is 879. The highest BCUT2D eigenvalue weighted by Gasteiger charge is 2.57. The minimum atomic E-state index is -4.57. The van der Waals surface area contributed by atoms with Crippen molar-refractivity contribution in [3.63, 3.8) is 0 Å². The van der Waals surface area contributed by atoms with E-state index in [4.69, 9.17) is 5.73 Å². The van der Waals surface area contributed by atoms with E-state index < -0.39 is 17.6 Å². The van der Waals surface area contributed by atoms with Crippen molar-refractivity contribution in [3.8, 4) is 11.3 Å². The van der Waals surface area contributed by atoms with Crippen LogP contribution in [0.2, 0.25) is 0 Å². The second-order valence-electron chi connectivity index (χ2n) is 8.47. The Hall–Kier alpha value is -2.16. The summed E-state index contributed by atoms with van der Waals surface area (Å²) in [5.41, 5.74) is 5.26. The first kappa shape index (κ1) is 20.1. The fraction of sp³-hybridized carbons (Fsp3) is 0.600. The highest BCUT2D eigenvalue weighted by Crippen LogP contribution is 2.56. The molecule has 9 heteroatoms. The number of likely N-dealkylation sites (tertiary alicyclic amines) is 1. The zero-order valence-corrected chi connectivity index (χ0v) is 16.5. The van der Waals surface area contributed by atoms with Crippen LogP contribution < -0.4 is 5.73 Å². The van der Waals surface area contributed by atoms with Crippen LogP contribution >= 0.6 is 0 Å². The molecule has 0 spiro atoms. The molecule has 2 aromatic rings. The number of pyridine rings is 1. The zero-order valence-electron chi connectivity index (χ0n) is 16.5. The molecule has 2 N–H and O–H groups in total. The van der Waals surface area contributed by atoms with Crippen molar-refractivity contribution in [1.29, 1.82) is 0 Å². The van der Waals surface area contributed by atoms with E-state index in [9.17, 15) is 17.6 Å². The number of halogens is 4. The number of alkyl halides is 4. The van der Waals surface area contributed by atoms with Crippen molar-refractivity contribution >= 4 is 5.82 Å². The summed E-state index contributed by atoms with van der Waals surface area (Å²) in [6.07, 6.45) is -0.650. The van der Waals surface area contributed by atoms with Gasteiger partial charge < -0.3 is 15.2 Å². The molecule has 2 aromatic heterocycles. The first-order valence-electron chi connectivity index (χ1n) is 9.88. The number of nitrogens with zero attached hydrogens (tertiary/aromatic N) is 4. The summed E-state index contributed by atoms with van der Waals surface area (Å²) in [4.78, 5) is 10.5. The highest BCUT2D eigenvalue weighted by atomic mass is 19.4. The van der Waals surface area contributed by atoms with Gasteiger partial charge in [0.2, 0.25) is 0 Å². The predicted molar refractivity (Wildman–Crippen MR) is 102 cm³/mol. The van der Waals surface area contributed by atoms with E-state index in [-0.39, 0.29) is 12.7 Å². The first-order valence-corrected chi connectivity index (χ1v) is 9.88. The lowest BCUT2D eigenvalue weighted by Gasteiger charge is -2.19. The number of hydrogen-bond donors (Lipinski definition) is 1. The fourth-order valence-corrected chi connectivity index (χ4v) is 4.48. The molecule has 2 atom stereocenters. The Kier molecular flexibility index (Phi) is 5.04. The van der Waals surface area contributed by atoms with Gasteiger partial charge in [0.25, 0.3) is 0 Å². The number of fused-ring (bicyclic) bond motifs is 1. The second kappa shape index (κ2) is 7.27. The molecule has 4 rings (SSSR count). The van der Waals surface area contributed by atoms with Crippen LogP contribution in [-0.4, -0.2) is 45.7 Å². The van der Waals surface area contributed by atoms with Crippen molar-refractivity contribution in [2.24, 2.45) is 17.8 Å². The Morgan fingerprint density at radius 2 is 1.93 bits per heavy atom. The van der Waals surface area contributed by atoms with Crippen LogP contribution in [0, 0.1) is 17.8 Å². The maximum atomic E-state index is 13.2. The largest absolute Gasteiger partial charge is 0.419 e. The van der Waals surface area contributed by atoms with Crippen LogP contribution in [0.15, 0.2) is 18.5 Å². The Labute approximate surface area is 166 Å². The smallest absolute Gasteiger partial charge is 0.383 e. The third kappa shape index (κ3) is 3.84. The lowest BCUT2D eigenvalue weighted by Crippen LogP contribution is -2.27. The highest BCUT2D eigenvalue weighted by molar-refractivity contribution is 5.62. The summed E-state index contributed by atoms with van der Waals surface area (Å²) in [5.74, 6) is 1.60. The summed E-state index contributed by atoms with van der Waals surface area (Å²) in [6, 6.07) is 1.30. The fourth-order valence-electron chi connectivity index (χ4n) is 4.48. The maximum absolute atomic E-state index is 13.2. The average molecular weight is 411 g/mol. The number of nitrogen functional groups attached to an aromatic ring is 1. The number of hydrogen-bond acceptors (Lipinski definition) is 4. The Morgan fingerprint density at radius 1 is 1.24 bits per heavy atom. The molecule has 0 radical (unpaired) electrons. The molecule has 3 heterocycles. The molecular formula is C20H25F4N5. The number of imidazole rings is 1. The van der Waals surface area contributed by atoms with Gasteiger partial charge in [0.15, 0.2) is 0 Å². The maximum Gasteiger partial charge on any atom is 0.419 e. The molecule has 1 saturated carbocycles. The van der Waals surface area contributed by atoms with Crippen molar-refractivity contribution in [2.75, 3.05) is 32.0 Å². The van der Waals surface area contributed by atoms with Crippen LogP contribution in [0.5, 0.6) is 0 Å². The van der Waals surface area contributed by atoms with E-state index in [2.05, 4.69) is 33.3 Å². The number of rotatable bonds is 6. The van der Waals surface area contributed by atoms with Crippen molar-refractivity contribution < 1.29 is 17.6 Å². The molecule has 2 fully saturated rings. The van der Waals surface area contributed by atoms with Gasteiger partial charge in [-0.3, -0.25) is 0 Å². The standard InChI is InChI=1S/C20H25F4N5/c1-11(2)5-17-27-16(12-6-15(20(22,23)24)19(25)26-7-12)10-29(17)18-13-8-28(4-3-21)9-14(13)18/h6-7,10-11,13-14,18H,3-5,8-9H2,1-2H3,(H2,25,26). The quantitative estimate of drug-likeness (QED) is 0.735. The average Bonchev–Trinajstić information content (AvgIpc) is 2.96. The molecule has 0 aromatic carbocycles. The van der Waals surface area contributed by atoms with E-state index >= 15 is 0 Å². The molecule has 0 amide bonds. The monoisotopic (exact) mass is 411 g/mol. The molecule has 2 unspecified atom stereocenters. The van der Waals surface area contributed by atoms with Gasteiger partial charge in [-0.25, -0.2) is 14.4 Å². The summed E-state index contributed by atoms with van der Waals surface area (Å²) in [7, 11) is 0. The van der Waals surface area contributed by atoms with E-state index in [0.29, 0.717) is 35.6 Å². The molecule has 1 aliphatic carbocycles. The van der Waals surface area contributed by atoms with Gasteiger partial charge in [-0.2, -0.15) is 13.2 Å². The second-order valence-corrected chi connectivity index (χ2v) is 8.47.